The van der Waals surface area contributed by atoms with Crippen molar-refractivity contribution < 1.29 is 4.74 Å². The predicted molar refractivity (Wildman–Crippen MR) is 104 cm³/mol. The van der Waals surface area contributed by atoms with Gasteiger partial charge in [-0.3, -0.25) is 4.79 Å². The van der Waals surface area contributed by atoms with Gasteiger partial charge in [-0.25, -0.2) is 9.97 Å². The zero-order valence-electron chi connectivity index (χ0n) is 15.2. The van der Waals surface area contributed by atoms with Gasteiger partial charge >= 0.3 is 0 Å². The molecular formula is C20H22N4O2. The molecule has 6 nitrogen and oxygen atoms in total. The second-order valence-electron chi connectivity index (χ2n) is 6.05. The van der Waals surface area contributed by atoms with Gasteiger partial charge in [-0.05, 0) is 42.5 Å². The number of methoxy groups -OCH3 is 1. The summed E-state index contributed by atoms with van der Waals surface area (Å²) in [6.45, 7) is 4.58. The third-order valence-corrected chi connectivity index (χ3v) is 4.27. The van der Waals surface area contributed by atoms with Crippen molar-refractivity contribution in [3.8, 4) is 17.1 Å². The molecular weight excluding hydrogens is 328 g/mol. The van der Waals surface area contributed by atoms with E-state index < -0.39 is 0 Å². The Morgan fingerprint density at radius 2 is 2.12 bits per heavy atom. The fourth-order valence-electron chi connectivity index (χ4n) is 2.85. The van der Waals surface area contributed by atoms with Crippen molar-refractivity contribution in [2.75, 3.05) is 12.8 Å². The quantitative estimate of drug-likeness (QED) is 0.714. The summed E-state index contributed by atoms with van der Waals surface area (Å²) in [5, 5.41) is 1.53. The smallest absolute Gasteiger partial charge is 0.258 e. The van der Waals surface area contributed by atoms with E-state index in [4.69, 9.17) is 10.5 Å². The standard InChI is InChI=1S/C20H22N4O2/c1-4-5-6-8-24-9-7-14-11-15(13(2)10-16(14)20(24)25)19-22-12-17(26-3)18(21)23-19/h5-7,9-12H,4,8H2,1-3H3,(H2,21,22,23)/b6-5+. The summed E-state index contributed by atoms with van der Waals surface area (Å²) in [6, 6.07) is 5.75. The van der Waals surface area contributed by atoms with Crippen LogP contribution in [0.4, 0.5) is 5.82 Å². The Morgan fingerprint density at radius 3 is 2.81 bits per heavy atom. The number of benzene rings is 1. The fraction of sp³-hybridized carbons (Fsp3) is 0.250. The van der Waals surface area contributed by atoms with E-state index >= 15 is 0 Å². The highest BCUT2D eigenvalue weighted by Gasteiger charge is 2.12. The topological polar surface area (TPSA) is 83.0 Å². The first kappa shape index (κ1) is 17.7. The molecule has 2 heterocycles. The molecule has 6 heteroatoms. The Bertz CT molecular complexity index is 1040. The number of aryl methyl sites for hydroxylation is 1. The van der Waals surface area contributed by atoms with Crippen LogP contribution in [0.5, 0.6) is 5.75 Å². The molecule has 3 aromatic rings. The van der Waals surface area contributed by atoms with Gasteiger partial charge in [-0.15, -0.1) is 0 Å². The molecule has 0 aliphatic heterocycles. The van der Waals surface area contributed by atoms with E-state index in [1.807, 2.05) is 37.4 Å². The number of allylic oxidation sites excluding steroid dienone is 2. The van der Waals surface area contributed by atoms with Crippen LogP contribution in [-0.4, -0.2) is 21.6 Å². The summed E-state index contributed by atoms with van der Waals surface area (Å²) in [6.07, 6.45) is 8.38. The molecule has 0 unspecified atom stereocenters. The van der Waals surface area contributed by atoms with E-state index in [9.17, 15) is 4.79 Å². The highest BCUT2D eigenvalue weighted by atomic mass is 16.5. The Morgan fingerprint density at radius 1 is 1.31 bits per heavy atom. The van der Waals surface area contributed by atoms with Gasteiger partial charge in [0.25, 0.3) is 5.56 Å². The Balaban J connectivity index is 2.09. The second-order valence-corrected chi connectivity index (χ2v) is 6.05. The second kappa shape index (κ2) is 7.39. The van der Waals surface area contributed by atoms with Crippen molar-refractivity contribution in [3.05, 3.63) is 58.7 Å². The number of nitrogens with zero attached hydrogens (tertiary/aromatic N) is 3. The molecule has 0 aliphatic carbocycles. The lowest BCUT2D eigenvalue weighted by Gasteiger charge is -2.10. The molecule has 134 valence electrons. The molecule has 26 heavy (non-hydrogen) atoms. The molecule has 0 spiro atoms. The Hall–Kier alpha value is -3.15. The number of hydrogen-bond donors (Lipinski definition) is 1. The highest BCUT2D eigenvalue weighted by Crippen LogP contribution is 2.27. The summed E-state index contributed by atoms with van der Waals surface area (Å²) in [4.78, 5) is 21.4. The van der Waals surface area contributed by atoms with Crippen LogP contribution in [0.15, 0.2) is 47.5 Å². The molecule has 0 bridgehead atoms. The minimum atomic E-state index is -0.00642. The summed E-state index contributed by atoms with van der Waals surface area (Å²) in [5.74, 6) is 1.24. The summed E-state index contributed by atoms with van der Waals surface area (Å²) >= 11 is 0. The minimum Gasteiger partial charge on any atom is -0.491 e. The minimum absolute atomic E-state index is 0.00642. The maximum Gasteiger partial charge on any atom is 0.258 e. The van der Waals surface area contributed by atoms with Crippen LogP contribution in [0, 0.1) is 6.92 Å². The molecule has 0 atom stereocenters. The average Bonchev–Trinajstić information content (AvgIpc) is 2.64. The lowest BCUT2D eigenvalue weighted by Crippen LogP contribution is -2.18. The van der Waals surface area contributed by atoms with Crippen molar-refractivity contribution in [2.45, 2.75) is 26.8 Å². The Labute approximate surface area is 152 Å². The van der Waals surface area contributed by atoms with Gasteiger partial charge in [-0.1, -0.05) is 19.1 Å². The van der Waals surface area contributed by atoms with Crippen molar-refractivity contribution in [2.24, 2.45) is 0 Å². The fourth-order valence-corrected chi connectivity index (χ4v) is 2.85. The first-order chi connectivity index (χ1) is 12.5. The zero-order chi connectivity index (χ0) is 18.7. The first-order valence-electron chi connectivity index (χ1n) is 8.50. The number of rotatable bonds is 5. The third-order valence-electron chi connectivity index (χ3n) is 4.27. The highest BCUT2D eigenvalue weighted by molar-refractivity contribution is 5.87. The van der Waals surface area contributed by atoms with Crippen LogP contribution < -0.4 is 16.0 Å². The number of nitrogen functional groups attached to an aromatic ring is 1. The van der Waals surface area contributed by atoms with Gasteiger partial charge in [0.15, 0.2) is 17.4 Å². The van der Waals surface area contributed by atoms with Gasteiger partial charge in [0.2, 0.25) is 0 Å². The van der Waals surface area contributed by atoms with Crippen LogP contribution >= 0.6 is 0 Å². The maximum atomic E-state index is 12.7. The largest absolute Gasteiger partial charge is 0.491 e. The molecule has 0 aliphatic rings. The van der Waals surface area contributed by atoms with Crippen molar-refractivity contribution >= 4 is 16.6 Å². The van der Waals surface area contributed by atoms with Crippen LogP contribution in [0.2, 0.25) is 0 Å². The van der Waals surface area contributed by atoms with E-state index in [2.05, 4.69) is 23.0 Å². The molecule has 0 amide bonds. The molecule has 2 N–H and O–H groups in total. The number of ether oxygens (including phenoxy) is 1. The normalized spacial score (nSPS) is 11.3. The lowest BCUT2D eigenvalue weighted by atomic mass is 10.0. The van der Waals surface area contributed by atoms with E-state index in [0.717, 1.165) is 22.9 Å². The SMILES string of the molecule is CC/C=C/Cn1ccc2cc(-c3ncc(OC)c(N)n3)c(C)cc2c1=O. The van der Waals surface area contributed by atoms with E-state index in [-0.39, 0.29) is 11.4 Å². The predicted octanol–water partition coefficient (Wildman–Crippen LogP) is 3.32. The summed E-state index contributed by atoms with van der Waals surface area (Å²) in [7, 11) is 1.52. The average molecular weight is 350 g/mol. The van der Waals surface area contributed by atoms with Crippen LogP contribution in [-0.2, 0) is 6.54 Å². The number of aromatic nitrogens is 3. The molecule has 3 rings (SSSR count). The van der Waals surface area contributed by atoms with Gasteiger partial charge in [-0.2, -0.15) is 0 Å². The van der Waals surface area contributed by atoms with Crippen molar-refractivity contribution in [1.29, 1.82) is 0 Å². The summed E-state index contributed by atoms with van der Waals surface area (Å²) < 4.78 is 6.81. The van der Waals surface area contributed by atoms with Crippen molar-refractivity contribution in [3.63, 3.8) is 0 Å². The van der Waals surface area contributed by atoms with Gasteiger partial charge in [0.05, 0.1) is 13.3 Å². The third kappa shape index (κ3) is 3.31. The maximum absolute atomic E-state index is 12.7. The number of nitrogens with two attached hydrogens (primary N) is 1. The first-order valence-corrected chi connectivity index (χ1v) is 8.50. The van der Waals surface area contributed by atoms with E-state index in [1.165, 1.54) is 7.11 Å². The van der Waals surface area contributed by atoms with E-state index in [1.54, 1.807) is 10.8 Å². The van der Waals surface area contributed by atoms with Gasteiger partial charge in [0.1, 0.15) is 0 Å². The Kier molecular flexibility index (Phi) is 5.02. The van der Waals surface area contributed by atoms with Gasteiger partial charge in [0, 0.05) is 23.7 Å². The van der Waals surface area contributed by atoms with Crippen LogP contribution in [0.25, 0.3) is 22.2 Å². The number of pyridine rings is 1. The van der Waals surface area contributed by atoms with Crippen LogP contribution in [0.3, 0.4) is 0 Å². The van der Waals surface area contributed by atoms with Crippen LogP contribution in [0.1, 0.15) is 18.9 Å². The van der Waals surface area contributed by atoms with E-state index in [0.29, 0.717) is 23.5 Å². The lowest BCUT2D eigenvalue weighted by molar-refractivity contribution is 0.413. The number of fused-ring (bicyclic) bond motifs is 1. The zero-order valence-corrected chi connectivity index (χ0v) is 15.2. The molecule has 0 saturated carbocycles. The van der Waals surface area contributed by atoms with Gasteiger partial charge < -0.3 is 15.0 Å². The molecule has 0 radical (unpaired) electrons. The molecule has 0 fully saturated rings. The molecule has 2 aromatic heterocycles. The van der Waals surface area contributed by atoms with Crippen molar-refractivity contribution in [1.82, 2.24) is 14.5 Å². The molecule has 0 saturated heterocycles. The summed E-state index contributed by atoms with van der Waals surface area (Å²) in [5.41, 5.74) is 7.65. The monoisotopic (exact) mass is 350 g/mol. The number of hydrogen-bond acceptors (Lipinski definition) is 5. The number of anilines is 1. The molecule has 1 aromatic carbocycles.